The van der Waals surface area contributed by atoms with Crippen LogP contribution in [0.4, 0.5) is 8.78 Å². The van der Waals surface area contributed by atoms with Crippen LogP contribution in [-0.2, 0) is 12.8 Å². The molecule has 1 unspecified atom stereocenters. The van der Waals surface area contributed by atoms with Gasteiger partial charge in [0.05, 0.1) is 0 Å². The van der Waals surface area contributed by atoms with Crippen molar-refractivity contribution in [3.8, 4) is 0 Å². The zero-order valence-electron chi connectivity index (χ0n) is 12.1. The molecule has 0 amide bonds. The van der Waals surface area contributed by atoms with Gasteiger partial charge in [-0.1, -0.05) is 6.07 Å². The van der Waals surface area contributed by atoms with Crippen molar-refractivity contribution in [1.82, 2.24) is 20.2 Å². The summed E-state index contributed by atoms with van der Waals surface area (Å²) in [4.78, 5) is 4.22. The zero-order valence-corrected chi connectivity index (χ0v) is 12.1. The van der Waals surface area contributed by atoms with E-state index in [2.05, 4.69) is 15.5 Å². The smallest absolute Gasteiger partial charge is 0.159 e. The van der Waals surface area contributed by atoms with Crippen LogP contribution in [0.3, 0.4) is 0 Å². The predicted octanol–water partition coefficient (Wildman–Crippen LogP) is 1.75. The molecular weight excluding hydrogens is 276 g/mol. The molecule has 1 heterocycles. The lowest BCUT2D eigenvalue weighted by molar-refractivity contribution is 0.457. The molecule has 0 bridgehead atoms. The Morgan fingerprint density at radius 2 is 2.00 bits per heavy atom. The fourth-order valence-electron chi connectivity index (χ4n) is 2.21. The van der Waals surface area contributed by atoms with E-state index in [0.717, 1.165) is 11.9 Å². The molecule has 2 aromatic rings. The van der Waals surface area contributed by atoms with E-state index in [0.29, 0.717) is 18.4 Å². The summed E-state index contributed by atoms with van der Waals surface area (Å²) in [7, 11) is 0. The van der Waals surface area contributed by atoms with Gasteiger partial charge in [0.15, 0.2) is 11.6 Å². The van der Waals surface area contributed by atoms with Crippen LogP contribution in [0.2, 0.25) is 0 Å². The van der Waals surface area contributed by atoms with Gasteiger partial charge in [-0.25, -0.2) is 18.4 Å². The Hall–Kier alpha value is -1.86. The van der Waals surface area contributed by atoms with E-state index < -0.39 is 11.6 Å². The predicted molar refractivity (Wildman–Crippen MR) is 75.3 cm³/mol. The highest BCUT2D eigenvalue weighted by Gasteiger charge is 2.15. The molecule has 21 heavy (non-hydrogen) atoms. The second kappa shape index (κ2) is 6.73. The van der Waals surface area contributed by atoms with E-state index in [9.17, 15) is 8.78 Å². The Morgan fingerprint density at radius 3 is 2.62 bits per heavy atom. The van der Waals surface area contributed by atoms with E-state index in [-0.39, 0.29) is 12.1 Å². The van der Waals surface area contributed by atoms with Gasteiger partial charge in [0.1, 0.15) is 12.2 Å². The van der Waals surface area contributed by atoms with Crippen molar-refractivity contribution in [3.05, 3.63) is 47.5 Å². The zero-order chi connectivity index (χ0) is 15.4. The summed E-state index contributed by atoms with van der Waals surface area (Å²) < 4.78 is 28.0. The standard InChI is InChI=1S/C14H19F2N5/c1-9(2)21-14(18-8-19-21)7-11(20-17)5-10-3-4-12(15)13(16)6-10/h3-4,6,8-9,11,20H,5,7,17H2,1-2H3. The van der Waals surface area contributed by atoms with E-state index in [1.165, 1.54) is 12.4 Å². The maximum absolute atomic E-state index is 13.2. The first-order valence-corrected chi connectivity index (χ1v) is 6.79. The Bertz CT molecular complexity index is 597. The van der Waals surface area contributed by atoms with Crippen LogP contribution >= 0.6 is 0 Å². The Kier molecular flexibility index (Phi) is 4.98. The third-order valence-corrected chi connectivity index (χ3v) is 3.27. The van der Waals surface area contributed by atoms with Crippen LogP contribution in [0.1, 0.15) is 31.3 Å². The highest BCUT2D eigenvalue weighted by molar-refractivity contribution is 5.19. The highest BCUT2D eigenvalue weighted by atomic mass is 19.2. The Morgan fingerprint density at radius 1 is 1.24 bits per heavy atom. The van der Waals surface area contributed by atoms with Crippen molar-refractivity contribution in [2.24, 2.45) is 5.84 Å². The summed E-state index contributed by atoms with van der Waals surface area (Å²) in [6.07, 6.45) is 2.52. The number of aromatic nitrogens is 3. The van der Waals surface area contributed by atoms with E-state index in [4.69, 9.17) is 5.84 Å². The Labute approximate surface area is 122 Å². The number of halogens is 2. The maximum Gasteiger partial charge on any atom is 0.159 e. The number of nitrogens with zero attached hydrogens (tertiary/aromatic N) is 3. The molecule has 1 aromatic carbocycles. The molecule has 1 aromatic heterocycles. The van der Waals surface area contributed by atoms with Crippen molar-refractivity contribution in [2.75, 3.05) is 0 Å². The molecule has 0 aliphatic carbocycles. The third-order valence-electron chi connectivity index (χ3n) is 3.27. The van der Waals surface area contributed by atoms with Crippen molar-refractivity contribution in [1.29, 1.82) is 0 Å². The first-order valence-electron chi connectivity index (χ1n) is 6.79. The summed E-state index contributed by atoms with van der Waals surface area (Å²) in [6, 6.07) is 3.92. The second-order valence-corrected chi connectivity index (χ2v) is 5.23. The fourth-order valence-corrected chi connectivity index (χ4v) is 2.21. The number of hydrazine groups is 1. The minimum Gasteiger partial charge on any atom is -0.271 e. The molecule has 0 fully saturated rings. The molecular formula is C14H19F2N5. The molecule has 5 nitrogen and oxygen atoms in total. The minimum atomic E-state index is -0.853. The van der Waals surface area contributed by atoms with Gasteiger partial charge in [0.25, 0.3) is 0 Å². The van der Waals surface area contributed by atoms with Gasteiger partial charge in [-0.05, 0) is 38.0 Å². The molecule has 3 N–H and O–H groups in total. The van der Waals surface area contributed by atoms with Crippen molar-refractivity contribution in [2.45, 2.75) is 38.8 Å². The SMILES string of the molecule is CC(C)n1ncnc1CC(Cc1ccc(F)c(F)c1)NN. The molecule has 0 aliphatic rings. The fraction of sp³-hybridized carbons (Fsp3) is 0.429. The minimum absolute atomic E-state index is 0.142. The highest BCUT2D eigenvalue weighted by Crippen LogP contribution is 2.13. The Balaban J connectivity index is 2.09. The molecule has 0 saturated heterocycles. The second-order valence-electron chi connectivity index (χ2n) is 5.23. The monoisotopic (exact) mass is 295 g/mol. The van der Waals surface area contributed by atoms with E-state index >= 15 is 0 Å². The number of nitrogens with one attached hydrogen (secondary N) is 1. The summed E-state index contributed by atoms with van der Waals surface area (Å²) in [5, 5.41) is 4.16. The van der Waals surface area contributed by atoms with Crippen LogP contribution in [0.15, 0.2) is 24.5 Å². The lowest BCUT2D eigenvalue weighted by Gasteiger charge is -2.17. The van der Waals surface area contributed by atoms with Crippen LogP contribution in [0, 0.1) is 11.6 Å². The molecule has 0 aliphatic heterocycles. The molecule has 114 valence electrons. The average molecular weight is 295 g/mol. The van der Waals surface area contributed by atoms with Crippen LogP contribution in [-0.4, -0.2) is 20.8 Å². The summed E-state index contributed by atoms with van der Waals surface area (Å²) in [5.74, 6) is 4.65. The van der Waals surface area contributed by atoms with Gasteiger partial charge in [-0.15, -0.1) is 0 Å². The van der Waals surface area contributed by atoms with Crippen molar-refractivity contribution < 1.29 is 8.78 Å². The molecule has 0 spiro atoms. The number of hydrogen-bond acceptors (Lipinski definition) is 4. The van der Waals surface area contributed by atoms with Gasteiger partial charge >= 0.3 is 0 Å². The van der Waals surface area contributed by atoms with E-state index in [1.807, 2.05) is 18.5 Å². The average Bonchev–Trinajstić information content (AvgIpc) is 2.90. The van der Waals surface area contributed by atoms with Gasteiger partial charge in [-0.3, -0.25) is 11.3 Å². The van der Waals surface area contributed by atoms with Crippen LogP contribution in [0.25, 0.3) is 0 Å². The number of nitrogens with two attached hydrogens (primary N) is 1. The lowest BCUT2D eigenvalue weighted by Crippen LogP contribution is -2.39. The van der Waals surface area contributed by atoms with Crippen molar-refractivity contribution >= 4 is 0 Å². The lowest BCUT2D eigenvalue weighted by atomic mass is 10.0. The van der Waals surface area contributed by atoms with Gasteiger partial charge in [0, 0.05) is 18.5 Å². The molecule has 7 heteroatoms. The summed E-state index contributed by atoms with van der Waals surface area (Å²) >= 11 is 0. The molecule has 0 radical (unpaired) electrons. The molecule has 2 rings (SSSR count). The largest absolute Gasteiger partial charge is 0.271 e. The topological polar surface area (TPSA) is 68.8 Å². The van der Waals surface area contributed by atoms with Gasteiger partial charge in [0.2, 0.25) is 0 Å². The van der Waals surface area contributed by atoms with Gasteiger partial charge < -0.3 is 0 Å². The van der Waals surface area contributed by atoms with Crippen LogP contribution in [0.5, 0.6) is 0 Å². The normalized spacial score (nSPS) is 12.9. The number of hydrogen-bond donors (Lipinski definition) is 2. The summed E-state index contributed by atoms with van der Waals surface area (Å²) in [5.41, 5.74) is 3.37. The summed E-state index contributed by atoms with van der Waals surface area (Å²) in [6.45, 7) is 4.02. The maximum atomic E-state index is 13.2. The molecule has 1 atom stereocenters. The number of rotatable bonds is 6. The number of benzene rings is 1. The third kappa shape index (κ3) is 3.83. The quantitative estimate of drug-likeness (QED) is 0.629. The first kappa shape index (κ1) is 15.5. The van der Waals surface area contributed by atoms with Crippen LogP contribution < -0.4 is 11.3 Å². The first-order chi connectivity index (χ1) is 10.0. The molecule has 0 saturated carbocycles. The van der Waals surface area contributed by atoms with Gasteiger partial charge in [-0.2, -0.15) is 5.10 Å². The van der Waals surface area contributed by atoms with Crippen molar-refractivity contribution in [3.63, 3.8) is 0 Å². The van der Waals surface area contributed by atoms with E-state index in [1.54, 1.807) is 6.07 Å².